The van der Waals surface area contributed by atoms with Crippen LogP contribution in [0.5, 0.6) is 0 Å². The molecule has 0 aliphatic carbocycles. The van der Waals surface area contributed by atoms with E-state index in [0.29, 0.717) is 28.0 Å². The molecule has 5 rings (SSSR count). The lowest BCUT2D eigenvalue weighted by Gasteiger charge is -2.16. The van der Waals surface area contributed by atoms with Gasteiger partial charge in [-0.05, 0) is 59.7 Å². The monoisotopic (exact) mass is 527 g/mol. The van der Waals surface area contributed by atoms with Gasteiger partial charge in [-0.2, -0.15) is 0 Å². The number of aromatic nitrogens is 3. The van der Waals surface area contributed by atoms with Crippen LogP contribution < -0.4 is 5.32 Å². The smallest absolute Gasteiger partial charge is 0.269 e. The Morgan fingerprint density at radius 2 is 1.71 bits per heavy atom. The number of benzene rings is 4. The quantitative estimate of drug-likeness (QED) is 0.145. The summed E-state index contributed by atoms with van der Waals surface area (Å²) in [5.74, 6) is 0.395. The first kappa shape index (κ1) is 25.1. The second-order valence-corrected chi connectivity index (χ2v) is 9.56. The molecule has 1 atom stereocenters. The van der Waals surface area contributed by atoms with Gasteiger partial charge in [0, 0.05) is 29.1 Å². The van der Waals surface area contributed by atoms with E-state index in [-0.39, 0.29) is 17.4 Å². The van der Waals surface area contributed by atoms with Gasteiger partial charge in [-0.1, -0.05) is 54.2 Å². The lowest BCUT2D eigenvalue weighted by molar-refractivity contribution is -0.384. The molecule has 5 aromatic rings. The molecule has 8 nitrogen and oxygen atoms in total. The number of rotatable bonds is 8. The number of carbonyl (C=O) groups is 1. The Kier molecular flexibility index (Phi) is 7.14. The molecule has 0 bridgehead atoms. The molecule has 38 heavy (non-hydrogen) atoms. The SMILES string of the molecule is CC(NC(=O)c1ccc2ccccc2c1)c1nnc(SCc2ccc(F)cc2)n1-c1ccc([N+](=O)[O-])cc1. The fraction of sp³-hybridized carbons (Fsp3) is 0.107. The Balaban J connectivity index is 1.43. The van der Waals surface area contributed by atoms with Gasteiger partial charge >= 0.3 is 0 Å². The van der Waals surface area contributed by atoms with E-state index in [0.717, 1.165) is 16.3 Å². The summed E-state index contributed by atoms with van der Waals surface area (Å²) in [6.07, 6.45) is 0. The maximum absolute atomic E-state index is 13.3. The average Bonchev–Trinajstić information content (AvgIpc) is 3.36. The van der Waals surface area contributed by atoms with Crippen molar-refractivity contribution >= 4 is 34.1 Å². The first-order valence-electron chi connectivity index (χ1n) is 11.8. The number of nitro benzene ring substituents is 1. The molecule has 0 spiro atoms. The molecule has 0 aliphatic heterocycles. The van der Waals surface area contributed by atoms with Gasteiger partial charge in [0.05, 0.1) is 11.0 Å². The van der Waals surface area contributed by atoms with Gasteiger partial charge in [-0.25, -0.2) is 4.39 Å². The number of carbonyl (C=O) groups excluding carboxylic acids is 1. The van der Waals surface area contributed by atoms with Crippen LogP contribution in [-0.2, 0) is 5.75 Å². The van der Waals surface area contributed by atoms with Gasteiger partial charge < -0.3 is 5.32 Å². The Hall–Kier alpha value is -4.57. The molecular weight excluding hydrogens is 505 g/mol. The van der Waals surface area contributed by atoms with Gasteiger partial charge in [-0.15, -0.1) is 10.2 Å². The summed E-state index contributed by atoms with van der Waals surface area (Å²) in [7, 11) is 0. The summed E-state index contributed by atoms with van der Waals surface area (Å²) in [4.78, 5) is 23.8. The number of nitrogens with zero attached hydrogens (tertiary/aromatic N) is 4. The summed E-state index contributed by atoms with van der Waals surface area (Å²) in [6.45, 7) is 1.80. The van der Waals surface area contributed by atoms with Crippen LogP contribution in [-0.4, -0.2) is 25.6 Å². The highest BCUT2D eigenvalue weighted by atomic mass is 32.2. The second kappa shape index (κ2) is 10.8. The van der Waals surface area contributed by atoms with E-state index in [1.807, 2.05) is 36.4 Å². The highest BCUT2D eigenvalue weighted by molar-refractivity contribution is 7.98. The van der Waals surface area contributed by atoms with Crippen molar-refractivity contribution in [2.45, 2.75) is 23.9 Å². The average molecular weight is 528 g/mol. The Morgan fingerprint density at radius 1 is 1.00 bits per heavy atom. The molecule has 1 N–H and O–H groups in total. The van der Waals surface area contributed by atoms with Crippen molar-refractivity contribution in [3.05, 3.63) is 124 Å². The van der Waals surface area contributed by atoms with Crippen LogP contribution in [0, 0.1) is 15.9 Å². The number of nitrogens with one attached hydrogen (secondary N) is 1. The number of amides is 1. The number of nitro groups is 1. The standard InChI is InChI=1S/C28H22FN5O3S/c1-18(30-27(35)22-9-8-20-4-2-3-5-21(20)16-22)26-31-32-28(38-17-19-6-10-23(29)11-7-19)33(26)24-12-14-25(15-13-24)34(36)37/h2-16,18H,17H2,1H3,(H,30,35). The Bertz CT molecular complexity index is 1620. The maximum atomic E-state index is 13.3. The van der Waals surface area contributed by atoms with Gasteiger partial charge in [0.15, 0.2) is 11.0 Å². The van der Waals surface area contributed by atoms with E-state index in [4.69, 9.17) is 0 Å². The molecule has 0 saturated carbocycles. The molecule has 190 valence electrons. The third kappa shape index (κ3) is 5.40. The zero-order chi connectivity index (χ0) is 26.6. The van der Waals surface area contributed by atoms with Crippen LogP contribution in [0.15, 0.2) is 96.2 Å². The van der Waals surface area contributed by atoms with Crippen molar-refractivity contribution < 1.29 is 14.1 Å². The van der Waals surface area contributed by atoms with Crippen molar-refractivity contribution in [2.75, 3.05) is 0 Å². The largest absolute Gasteiger partial charge is 0.342 e. The van der Waals surface area contributed by atoms with Crippen molar-refractivity contribution in [1.29, 1.82) is 0 Å². The Morgan fingerprint density at radius 3 is 2.42 bits per heavy atom. The minimum Gasteiger partial charge on any atom is -0.342 e. The number of thioether (sulfide) groups is 1. The minimum atomic E-state index is -0.531. The van der Waals surface area contributed by atoms with Crippen LogP contribution in [0.3, 0.4) is 0 Å². The van der Waals surface area contributed by atoms with Crippen LogP contribution >= 0.6 is 11.8 Å². The van der Waals surface area contributed by atoms with Gasteiger partial charge in [0.2, 0.25) is 0 Å². The minimum absolute atomic E-state index is 0.0402. The van der Waals surface area contributed by atoms with Gasteiger partial charge in [0.1, 0.15) is 5.82 Å². The van der Waals surface area contributed by atoms with Crippen molar-refractivity contribution in [2.24, 2.45) is 0 Å². The Labute approximate surface area is 221 Å². The number of non-ortho nitro benzene ring substituents is 1. The predicted octanol–water partition coefficient (Wildman–Crippen LogP) is 6.25. The predicted molar refractivity (Wildman–Crippen MR) is 144 cm³/mol. The van der Waals surface area contributed by atoms with Crippen LogP contribution in [0.4, 0.5) is 10.1 Å². The summed E-state index contributed by atoms with van der Waals surface area (Å²) in [5, 5.41) is 25.4. The second-order valence-electron chi connectivity index (χ2n) is 8.62. The normalized spacial score (nSPS) is 11.8. The van der Waals surface area contributed by atoms with E-state index in [1.54, 1.807) is 41.8 Å². The third-order valence-corrected chi connectivity index (χ3v) is 7.00. The summed E-state index contributed by atoms with van der Waals surface area (Å²) < 4.78 is 15.1. The highest BCUT2D eigenvalue weighted by Crippen LogP contribution is 2.29. The van der Waals surface area contributed by atoms with E-state index in [2.05, 4.69) is 15.5 Å². The molecule has 0 radical (unpaired) electrons. The lowest BCUT2D eigenvalue weighted by Crippen LogP contribution is -2.28. The molecule has 0 saturated heterocycles. The first-order valence-corrected chi connectivity index (χ1v) is 12.7. The molecule has 1 heterocycles. The number of fused-ring (bicyclic) bond motifs is 1. The summed E-state index contributed by atoms with van der Waals surface area (Å²) in [6, 6.07) is 25.0. The van der Waals surface area contributed by atoms with Crippen molar-refractivity contribution in [3.63, 3.8) is 0 Å². The van der Waals surface area contributed by atoms with E-state index >= 15 is 0 Å². The fourth-order valence-electron chi connectivity index (χ4n) is 4.02. The molecule has 0 aliphatic rings. The molecule has 1 aromatic heterocycles. The third-order valence-electron chi connectivity index (χ3n) is 6.00. The van der Waals surface area contributed by atoms with Gasteiger partial charge in [-0.3, -0.25) is 19.5 Å². The topological polar surface area (TPSA) is 103 Å². The zero-order valence-corrected chi connectivity index (χ0v) is 21.1. The van der Waals surface area contributed by atoms with Crippen molar-refractivity contribution in [1.82, 2.24) is 20.1 Å². The van der Waals surface area contributed by atoms with E-state index in [1.165, 1.54) is 36.0 Å². The molecule has 1 unspecified atom stereocenters. The maximum Gasteiger partial charge on any atom is 0.269 e. The van der Waals surface area contributed by atoms with Crippen LogP contribution in [0.2, 0.25) is 0 Å². The molecular formula is C28H22FN5O3S. The van der Waals surface area contributed by atoms with Gasteiger partial charge in [0.25, 0.3) is 11.6 Å². The summed E-state index contributed by atoms with van der Waals surface area (Å²) in [5.41, 5.74) is 1.99. The van der Waals surface area contributed by atoms with E-state index in [9.17, 15) is 19.3 Å². The highest BCUT2D eigenvalue weighted by Gasteiger charge is 2.22. The molecule has 1 amide bonds. The molecule has 4 aromatic carbocycles. The number of halogens is 1. The lowest BCUT2D eigenvalue weighted by atomic mass is 10.1. The molecule has 10 heteroatoms. The van der Waals surface area contributed by atoms with E-state index < -0.39 is 11.0 Å². The number of hydrogen-bond acceptors (Lipinski definition) is 6. The van der Waals surface area contributed by atoms with Crippen LogP contribution in [0.25, 0.3) is 16.5 Å². The summed E-state index contributed by atoms with van der Waals surface area (Å²) >= 11 is 1.39. The number of hydrogen-bond donors (Lipinski definition) is 1. The van der Waals surface area contributed by atoms with Crippen molar-refractivity contribution in [3.8, 4) is 5.69 Å². The zero-order valence-electron chi connectivity index (χ0n) is 20.2. The molecule has 0 fully saturated rings. The fourth-order valence-corrected chi connectivity index (χ4v) is 4.94. The van der Waals surface area contributed by atoms with Crippen LogP contribution in [0.1, 0.15) is 34.7 Å². The first-order chi connectivity index (χ1) is 18.4.